The third-order valence-electron chi connectivity index (χ3n) is 5.88. The van der Waals surface area contributed by atoms with Crippen LogP contribution in [0.5, 0.6) is 0 Å². The van der Waals surface area contributed by atoms with Gasteiger partial charge in [0.05, 0.1) is 18.6 Å². The SMILES string of the molecule is O=C1NC(CN(Cc2ccc(F)cc2)C(=O)c2cccc(F)c2)NC2CCCCC12. The number of amides is 2. The Morgan fingerprint density at radius 3 is 2.57 bits per heavy atom. The molecule has 3 unspecified atom stereocenters. The average molecular weight is 413 g/mol. The van der Waals surface area contributed by atoms with Crippen LogP contribution in [0.3, 0.4) is 0 Å². The van der Waals surface area contributed by atoms with E-state index in [0.717, 1.165) is 31.2 Å². The van der Waals surface area contributed by atoms with Crippen molar-refractivity contribution >= 4 is 11.8 Å². The van der Waals surface area contributed by atoms with Crippen LogP contribution in [-0.2, 0) is 11.3 Å². The van der Waals surface area contributed by atoms with Gasteiger partial charge in [-0.25, -0.2) is 8.78 Å². The highest BCUT2D eigenvalue weighted by molar-refractivity contribution is 5.94. The number of rotatable bonds is 5. The molecule has 1 aliphatic carbocycles. The number of nitrogens with one attached hydrogen (secondary N) is 2. The van der Waals surface area contributed by atoms with Crippen LogP contribution in [0.15, 0.2) is 48.5 Å². The predicted octanol–water partition coefficient (Wildman–Crippen LogP) is 3.21. The van der Waals surface area contributed by atoms with Gasteiger partial charge in [0.15, 0.2) is 0 Å². The normalized spacial score (nSPS) is 23.4. The lowest BCUT2D eigenvalue weighted by Gasteiger charge is -2.41. The number of hydrogen-bond acceptors (Lipinski definition) is 3. The first-order valence-electron chi connectivity index (χ1n) is 10.4. The van der Waals surface area contributed by atoms with Crippen LogP contribution in [0.25, 0.3) is 0 Å². The van der Waals surface area contributed by atoms with Crippen molar-refractivity contribution in [3.63, 3.8) is 0 Å². The Kier molecular flexibility index (Phi) is 6.08. The predicted molar refractivity (Wildman–Crippen MR) is 108 cm³/mol. The van der Waals surface area contributed by atoms with Crippen molar-refractivity contribution < 1.29 is 18.4 Å². The molecule has 2 aliphatic rings. The molecule has 5 nitrogen and oxygen atoms in total. The van der Waals surface area contributed by atoms with Crippen molar-refractivity contribution in [3.05, 3.63) is 71.3 Å². The smallest absolute Gasteiger partial charge is 0.254 e. The molecular formula is C23H25F2N3O2. The average Bonchev–Trinajstić information content (AvgIpc) is 2.74. The minimum Gasteiger partial charge on any atom is -0.339 e. The molecule has 158 valence electrons. The second kappa shape index (κ2) is 8.92. The Morgan fingerprint density at radius 2 is 1.80 bits per heavy atom. The third kappa shape index (κ3) is 4.67. The molecule has 0 spiro atoms. The minimum atomic E-state index is -0.489. The van der Waals surface area contributed by atoms with Gasteiger partial charge in [0.2, 0.25) is 5.91 Å². The maximum atomic E-state index is 13.7. The Labute approximate surface area is 174 Å². The molecule has 3 atom stereocenters. The van der Waals surface area contributed by atoms with Gasteiger partial charge in [-0.15, -0.1) is 0 Å². The van der Waals surface area contributed by atoms with Gasteiger partial charge in [-0.1, -0.05) is 31.0 Å². The molecule has 2 aromatic carbocycles. The van der Waals surface area contributed by atoms with E-state index in [1.807, 2.05) is 0 Å². The summed E-state index contributed by atoms with van der Waals surface area (Å²) in [6, 6.07) is 11.6. The van der Waals surface area contributed by atoms with Crippen molar-refractivity contribution in [1.82, 2.24) is 15.5 Å². The van der Waals surface area contributed by atoms with Crippen molar-refractivity contribution in [3.8, 4) is 0 Å². The summed E-state index contributed by atoms with van der Waals surface area (Å²) in [5.41, 5.74) is 0.980. The Hall–Kier alpha value is -2.80. The van der Waals surface area contributed by atoms with E-state index < -0.39 is 12.0 Å². The van der Waals surface area contributed by atoms with Crippen LogP contribution in [0, 0.1) is 17.6 Å². The second-order valence-corrected chi connectivity index (χ2v) is 8.05. The van der Waals surface area contributed by atoms with Crippen LogP contribution in [0.4, 0.5) is 8.78 Å². The zero-order valence-electron chi connectivity index (χ0n) is 16.6. The summed E-state index contributed by atoms with van der Waals surface area (Å²) in [5.74, 6) is -1.20. The molecule has 0 bridgehead atoms. The van der Waals surface area contributed by atoms with Gasteiger partial charge in [0, 0.05) is 18.2 Å². The molecule has 1 saturated carbocycles. The largest absolute Gasteiger partial charge is 0.339 e. The number of carbonyl (C=O) groups is 2. The van der Waals surface area contributed by atoms with Crippen molar-refractivity contribution in [1.29, 1.82) is 0 Å². The van der Waals surface area contributed by atoms with E-state index in [0.29, 0.717) is 0 Å². The summed E-state index contributed by atoms with van der Waals surface area (Å²) < 4.78 is 27.0. The fourth-order valence-electron chi connectivity index (χ4n) is 4.38. The maximum Gasteiger partial charge on any atom is 0.254 e. The van der Waals surface area contributed by atoms with Crippen molar-refractivity contribution in [2.24, 2.45) is 5.92 Å². The van der Waals surface area contributed by atoms with E-state index in [1.165, 1.54) is 30.3 Å². The number of fused-ring (bicyclic) bond motifs is 1. The topological polar surface area (TPSA) is 61.4 Å². The second-order valence-electron chi connectivity index (χ2n) is 8.05. The summed E-state index contributed by atoms with van der Waals surface area (Å²) in [4.78, 5) is 27.3. The van der Waals surface area contributed by atoms with Crippen LogP contribution in [-0.4, -0.2) is 35.5 Å². The van der Waals surface area contributed by atoms with Gasteiger partial charge >= 0.3 is 0 Å². The highest BCUT2D eigenvalue weighted by Gasteiger charge is 2.38. The minimum absolute atomic E-state index is 0.0170. The lowest BCUT2D eigenvalue weighted by atomic mass is 9.82. The van der Waals surface area contributed by atoms with E-state index in [9.17, 15) is 18.4 Å². The summed E-state index contributed by atoms with van der Waals surface area (Å²) in [6.45, 7) is 0.444. The molecule has 1 heterocycles. The fourth-order valence-corrected chi connectivity index (χ4v) is 4.38. The number of nitrogens with zero attached hydrogens (tertiary/aromatic N) is 1. The Morgan fingerprint density at radius 1 is 1.03 bits per heavy atom. The maximum absolute atomic E-state index is 13.7. The summed E-state index contributed by atoms with van der Waals surface area (Å²) in [5, 5.41) is 6.45. The first kappa shape index (κ1) is 20.5. The van der Waals surface area contributed by atoms with Gasteiger partial charge in [-0.05, 0) is 48.7 Å². The molecule has 2 N–H and O–H groups in total. The lowest BCUT2D eigenvalue weighted by molar-refractivity contribution is -0.131. The monoisotopic (exact) mass is 413 g/mol. The fraction of sp³-hybridized carbons (Fsp3) is 0.391. The van der Waals surface area contributed by atoms with Gasteiger partial charge in [0.25, 0.3) is 5.91 Å². The molecule has 1 aliphatic heterocycles. The van der Waals surface area contributed by atoms with Gasteiger partial charge < -0.3 is 10.2 Å². The highest BCUT2D eigenvalue weighted by atomic mass is 19.1. The third-order valence-corrected chi connectivity index (χ3v) is 5.88. The van der Waals surface area contributed by atoms with Gasteiger partial charge in [0.1, 0.15) is 11.6 Å². The van der Waals surface area contributed by atoms with E-state index in [-0.39, 0.29) is 48.2 Å². The van der Waals surface area contributed by atoms with Gasteiger partial charge in [-0.2, -0.15) is 0 Å². The molecule has 2 fully saturated rings. The van der Waals surface area contributed by atoms with Crippen molar-refractivity contribution in [2.45, 2.75) is 44.4 Å². The lowest BCUT2D eigenvalue weighted by Crippen LogP contribution is -2.65. The molecule has 4 rings (SSSR count). The highest BCUT2D eigenvalue weighted by Crippen LogP contribution is 2.27. The van der Waals surface area contributed by atoms with E-state index in [2.05, 4.69) is 10.6 Å². The summed E-state index contributed by atoms with van der Waals surface area (Å²) >= 11 is 0. The van der Waals surface area contributed by atoms with Gasteiger partial charge in [-0.3, -0.25) is 14.9 Å². The molecule has 2 amide bonds. The first-order chi connectivity index (χ1) is 14.5. The zero-order chi connectivity index (χ0) is 21.1. The van der Waals surface area contributed by atoms with Crippen molar-refractivity contribution in [2.75, 3.05) is 6.54 Å². The molecule has 1 saturated heterocycles. The van der Waals surface area contributed by atoms with Crippen LogP contribution in [0.1, 0.15) is 41.6 Å². The Bertz CT molecular complexity index is 919. The molecular weight excluding hydrogens is 388 g/mol. The van der Waals surface area contributed by atoms with E-state index in [4.69, 9.17) is 0 Å². The van der Waals surface area contributed by atoms with Crippen LogP contribution >= 0.6 is 0 Å². The van der Waals surface area contributed by atoms with E-state index in [1.54, 1.807) is 23.1 Å². The molecule has 0 aromatic heterocycles. The Balaban J connectivity index is 1.54. The molecule has 7 heteroatoms. The molecule has 2 aromatic rings. The zero-order valence-corrected chi connectivity index (χ0v) is 16.6. The molecule has 0 radical (unpaired) electrons. The number of hydrogen-bond donors (Lipinski definition) is 2. The van der Waals surface area contributed by atoms with Crippen LogP contribution in [0.2, 0.25) is 0 Å². The number of halogens is 2. The first-order valence-corrected chi connectivity index (χ1v) is 10.4. The number of benzene rings is 2. The quantitative estimate of drug-likeness (QED) is 0.791. The van der Waals surface area contributed by atoms with Crippen LogP contribution < -0.4 is 10.6 Å². The molecule has 30 heavy (non-hydrogen) atoms. The standard InChI is InChI=1S/C23H25F2N3O2/c24-17-10-8-15(9-11-17)13-28(23(30)16-4-3-5-18(25)12-16)14-21-26-20-7-2-1-6-19(20)22(29)27-21/h3-5,8-12,19-21,26H,1-2,6-7,13-14H2,(H,27,29). The van der Waals surface area contributed by atoms with E-state index >= 15 is 0 Å². The number of carbonyl (C=O) groups excluding carboxylic acids is 2. The summed E-state index contributed by atoms with van der Waals surface area (Å²) in [7, 11) is 0. The summed E-state index contributed by atoms with van der Waals surface area (Å²) in [6.07, 6.45) is 3.54.